The largest absolute Gasteiger partial charge is 0.419 e. The van der Waals surface area contributed by atoms with Crippen molar-refractivity contribution in [2.24, 2.45) is 0 Å². The smallest absolute Gasteiger partial charge is 0.228 e. The Hall–Kier alpha value is -3.08. The van der Waals surface area contributed by atoms with Crippen LogP contribution in [0.25, 0.3) is 12.2 Å². The lowest BCUT2D eigenvalue weighted by Gasteiger charge is -2.22. The first-order chi connectivity index (χ1) is 10.4. The normalized spacial score (nSPS) is 14.9. The van der Waals surface area contributed by atoms with Gasteiger partial charge in [0, 0.05) is 23.3 Å². The van der Waals surface area contributed by atoms with Gasteiger partial charge in [-0.1, -0.05) is 36.4 Å². The number of nitrogens with one attached hydrogen (secondary N) is 2. The summed E-state index contributed by atoms with van der Waals surface area (Å²) in [7, 11) is 0. The first-order valence-electron chi connectivity index (χ1n) is 6.53. The molecule has 0 fully saturated rings. The zero-order valence-corrected chi connectivity index (χ0v) is 11.0. The second-order valence-electron chi connectivity index (χ2n) is 4.60. The van der Waals surface area contributed by atoms with Crippen molar-refractivity contribution in [2.75, 3.05) is 0 Å². The van der Waals surface area contributed by atoms with Crippen LogP contribution in [0.4, 0.5) is 0 Å². The van der Waals surface area contributed by atoms with E-state index in [-0.39, 0.29) is 0 Å². The van der Waals surface area contributed by atoms with Crippen LogP contribution in [0.1, 0.15) is 11.1 Å². The Morgan fingerprint density at radius 2 is 1.14 bits per heavy atom. The Morgan fingerprint density at radius 3 is 1.67 bits per heavy atom. The molecule has 0 atom stereocenters. The molecule has 0 radical (unpaired) electrons. The molecule has 4 rings (SSSR count). The van der Waals surface area contributed by atoms with Crippen LogP contribution in [0.15, 0.2) is 60.3 Å². The zero-order valence-electron chi connectivity index (χ0n) is 11.0. The van der Waals surface area contributed by atoms with Crippen molar-refractivity contribution in [3.8, 4) is 11.5 Å². The Morgan fingerprint density at radius 1 is 0.667 bits per heavy atom. The van der Waals surface area contributed by atoms with Gasteiger partial charge in [-0.3, -0.25) is 0 Å². The molecule has 2 N–H and O–H groups in total. The predicted molar refractivity (Wildman–Crippen MR) is 77.5 cm³/mol. The molecule has 2 aromatic carbocycles. The average molecular weight is 280 g/mol. The highest BCUT2D eigenvalue weighted by molar-refractivity contribution is 5.62. The van der Waals surface area contributed by atoms with Gasteiger partial charge in [-0.25, -0.2) is 0 Å². The van der Waals surface area contributed by atoms with Crippen molar-refractivity contribution in [1.29, 1.82) is 0 Å². The van der Waals surface area contributed by atoms with E-state index in [0.717, 1.165) is 22.6 Å². The molecule has 0 amide bonds. The van der Waals surface area contributed by atoms with Crippen LogP contribution in [0.3, 0.4) is 0 Å². The molecule has 2 aliphatic heterocycles. The number of ether oxygens (including phenoxy) is 1. The molecule has 2 heterocycles. The van der Waals surface area contributed by atoms with Gasteiger partial charge >= 0.3 is 0 Å². The molecule has 5 nitrogen and oxygen atoms in total. The summed E-state index contributed by atoms with van der Waals surface area (Å²) >= 11 is 0. The van der Waals surface area contributed by atoms with Crippen molar-refractivity contribution >= 4 is 12.2 Å². The van der Waals surface area contributed by atoms with Crippen molar-refractivity contribution in [3.05, 3.63) is 71.4 Å². The summed E-state index contributed by atoms with van der Waals surface area (Å²) in [5.74, 6) is 2.49. The first-order valence-corrected chi connectivity index (χ1v) is 6.53. The lowest BCUT2D eigenvalue weighted by Crippen LogP contribution is -2.28. The molecule has 2 aromatic rings. The quantitative estimate of drug-likeness (QED) is 0.886. The Balaban J connectivity index is 1.58. The molecule has 0 aromatic heterocycles. The summed E-state index contributed by atoms with van der Waals surface area (Å²) in [6.07, 6.45) is 3.73. The molecule has 0 unspecified atom stereocenters. The number of benzene rings is 2. The average Bonchev–Trinajstić information content (AvgIpc) is 2.55. The van der Waals surface area contributed by atoms with E-state index in [1.807, 2.05) is 60.7 Å². The number of hydrogen-bond donors (Lipinski definition) is 2. The molecular formula is C16H12N2O3. The number of rotatable bonds is 2. The summed E-state index contributed by atoms with van der Waals surface area (Å²) in [4.78, 5) is 10.8. The van der Waals surface area contributed by atoms with Gasteiger partial charge in [0.2, 0.25) is 11.8 Å². The van der Waals surface area contributed by atoms with E-state index in [4.69, 9.17) is 14.4 Å². The highest BCUT2D eigenvalue weighted by Crippen LogP contribution is 2.27. The third-order valence-corrected chi connectivity index (χ3v) is 3.15. The molecular weight excluding hydrogens is 268 g/mol. The fourth-order valence-electron chi connectivity index (χ4n) is 2.16. The van der Waals surface area contributed by atoms with Gasteiger partial charge < -0.3 is 14.4 Å². The Kier molecular flexibility index (Phi) is 2.67. The van der Waals surface area contributed by atoms with Gasteiger partial charge in [-0.2, -0.15) is 11.0 Å². The third kappa shape index (κ3) is 2.25. The van der Waals surface area contributed by atoms with E-state index in [2.05, 4.69) is 11.0 Å². The Bertz CT molecular complexity index is 689. The monoisotopic (exact) mass is 280 g/mol. The predicted octanol–water partition coefficient (Wildman–Crippen LogP) is 2.79. The van der Waals surface area contributed by atoms with Crippen LogP contribution in [-0.2, 0) is 4.74 Å². The maximum absolute atomic E-state index is 5.70. The maximum atomic E-state index is 5.70. The van der Waals surface area contributed by atoms with Crippen molar-refractivity contribution in [2.45, 2.75) is 0 Å². The minimum atomic E-state index is 0.482. The molecule has 0 spiro atoms. The van der Waals surface area contributed by atoms with Crippen LogP contribution in [-0.4, -0.2) is 0 Å². The van der Waals surface area contributed by atoms with E-state index in [1.165, 1.54) is 0 Å². The topological polar surface area (TPSA) is 51.8 Å². The van der Waals surface area contributed by atoms with E-state index < -0.39 is 0 Å². The maximum Gasteiger partial charge on any atom is 0.228 e. The molecule has 0 saturated carbocycles. The fraction of sp³-hybridized carbons (Fsp3) is 0. The summed E-state index contributed by atoms with van der Waals surface area (Å²) in [6.45, 7) is 0. The van der Waals surface area contributed by atoms with Crippen molar-refractivity contribution in [1.82, 2.24) is 11.0 Å². The van der Waals surface area contributed by atoms with Crippen LogP contribution in [0, 0.1) is 0 Å². The molecule has 0 bridgehead atoms. The van der Waals surface area contributed by atoms with Gasteiger partial charge in [0.25, 0.3) is 0 Å². The minimum absolute atomic E-state index is 0.482. The lowest BCUT2D eigenvalue weighted by atomic mass is 10.2. The molecule has 21 heavy (non-hydrogen) atoms. The first kappa shape index (κ1) is 11.7. The summed E-state index contributed by atoms with van der Waals surface area (Å²) in [5.41, 5.74) is 7.39. The molecule has 104 valence electrons. The van der Waals surface area contributed by atoms with E-state index in [1.54, 1.807) is 0 Å². The van der Waals surface area contributed by atoms with E-state index >= 15 is 0 Å². The van der Waals surface area contributed by atoms with Crippen molar-refractivity contribution in [3.63, 3.8) is 0 Å². The fourth-order valence-corrected chi connectivity index (χ4v) is 2.16. The van der Waals surface area contributed by atoms with E-state index in [0.29, 0.717) is 11.8 Å². The SMILES string of the molecule is C1=C(OC2=Cc3ccccc3ON2)NOc2ccccc21. The number of hydrogen-bond acceptors (Lipinski definition) is 5. The van der Waals surface area contributed by atoms with Gasteiger partial charge in [0.15, 0.2) is 11.5 Å². The van der Waals surface area contributed by atoms with Crippen LogP contribution in [0.2, 0.25) is 0 Å². The highest BCUT2D eigenvalue weighted by atomic mass is 16.7. The second-order valence-corrected chi connectivity index (χ2v) is 4.60. The summed E-state index contributed by atoms with van der Waals surface area (Å²) in [6, 6.07) is 15.4. The summed E-state index contributed by atoms with van der Waals surface area (Å²) in [5, 5.41) is 0. The lowest BCUT2D eigenvalue weighted by molar-refractivity contribution is 0.0931. The number of para-hydroxylation sites is 2. The number of fused-ring (bicyclic) bond motifs is 2. The van der Waals surface area contributed by atoms with Crippen LogP contribution >= 0.6 is 0 Å². The summed E-state index contributed by atoms with van der Waals surface area (Å²) < 4.78 is 5.70. The molecule has 0 aliphatic carbocycles. The molecule has 2 aliphatic rings. The zero-order chi connectivity index (χ0) is 14.1. The van der Waals surface area contributed by atoms with Crippen LogP contribution in [0.5, 0.6) is 11.5 Å². The van der Waals surface area contributed by atoms with Gasteiger partial charge in [-0.05, 0) is 12.1 Å². The minimum Gasteiger partial charge on any atom is -0.419 e. The van der Waals surface area contributed by atoms with Gasteiger partial charge in [0.1, 0.15) is 0 Å². The Labute approximate surface area is 121 Å². The molecule has 0 saturated heterocycles. The highest BCUT2D eigenvalue weighted by Gasteiger charge is 2.16. The van der Waals surface area contributed by atoms with Crippen LogP contribution < -0.4 is 20.6 Å². The second kappa shape index (κ2) is 4.79. The third-order valence-electron chi connectivity index (χ3n) is 3.15. The van der Waals surface area contributed by atoms with E-state index in [9.17, 15) is 0 Å². The van der Waals surface area contributed by atoms with Crippen molar-refractivity contribution < 1.29 is 14.4 Å². The van der Waals surface area contributed by atoms with Gasteiger partial charge in [-0.15, -0.1) is 0 Å². The van der Waals surface area contributed by atoms with Gasteiger partial charge in [0.05, 0.1) is 0 Å². The standard InChI is InChI=1S/C16H12N2O3/c1-3-7-13-11(5-1)9-15(17-20-13)19-16-10-12-6-2-4-8-14(12)21-18-16/h1-10,17-18H. The molecule has 5 heteroatoms. The number of hydroxylamine groups is 2.